The summed E-state index contributed by atoms with van der Waals surface area (Å²) in [6, 6.07) is 16.4. The molecular weight excluding hydrogens is 549 g/mol. The number of halogens is 3. The maximum absolute atomic E-state index is 12.8. The number of amides is 2. The summed E-state index contributed by atoms with van der Waals surface area (Å²) < 4.78 is 11.6. The zero-order valence-corrected chi connectivity index (χ0v) is 23.4. The molecule has 38 heavy (non-hydrogen) atoms. The first-order valence-electron chi connectivity index (χ1n) is 11.9. The van der Waals surface area contributed by atoms with Gasteiger partial charge in [0.2, 0.25) is 0 Å². The van der Waals surface area contributed by atoms with Crippen LogP contribution in [-0.4, -0.2) is 30.7 Å². The van der Waals surface area contributed by atoms with E-state index in [2.05, 4.69) is 15.8 Å². The molecule has 0 aliphatic rings. The number of benzene rings is 3. The molecule has 0 radical (unpaired) electrons. The van der Waals surface area contributed by atoms with E-state index in [9.17, 15) is 9.59 Å². The van der Waals surface area contributed by atoms with Crippen molar-refractivity contribution < 1.29 is 19.1 Å². The molecule has 3 aromatic carbocycles. The van der Waals surface area contributed by atoms with Gasteiger partial charge in [0.05, 0.1) is 22.9 Å². The van der Waals surface area contributed by atoms with Gasteiger partial charge in [-0.15, -0.1) is 0 Å². The van der Waals surface area contributed by atoms with E-state index in [1.54, 1.807) is 30.3 Å². The van der Waals surface area contributed by atoms with Gasteiger partial charge < -0.3 is 14.8 Å². The summed E-state index contributed by atoms with van der Waals surface area (Å²) in [5, 5.41) is 8.03. The summed E-state index contributed by atoms with van der Waals surface area (Å²) in [5.41, 5.74) is 4.44. The normalized spacial score (nSPS) is 11.9. The Balaban J connectivity index is 1.63. The van der Waals surface area contributed by atoms with Gasteiger partial charge in [-0.1, -0.05) is 60.8 Å². The third kappa shape index (κ3) is 8.38. The third-order valence-electron chi connectivity index (χ3n) is 5.38. The molecule has 0 fully saturated rings. The Labute approximate surface area is 237 Å². The minimum Gasteiger partial charge on any atom is -0.490 e. The van der Waals surface area contributed by atoms with Crippen molar-refractivity contribution in [2.45, 2.75) is 33.4 Å². The van der Waals surface area contributed by atoms with E-state index in [1.807, 2.05) is 32.9 Å². The molecule has 0 saturated carbocycles. The maximum Gasteiger partial charge on any atom is 0.262 e. The molecule has 0 aliphatic carbocycles. The summed E-state index contributed by atoms with van der Waals surface area (Å²) >= 11 is 17.9. The van der Waals surface area contributed by atoms with Crippen LogP contribution in [0.2, 0.25) is 15.1 Å². The number of hydrogen-bond donors (Lipinski definition) is 2. The van der Waals surface area contributed by atoms with Crippen LogP contribution >= 0.6 is 34.8 Å². The predicted molar refractivity (Wildman–Crippen MR) is 152 cm³/mol. The van der Waals surface area contributed by atoms with Gasteiger partial charge in [-0.2, -0.15) is 5.10 Å². The third-order valence-corrected chi connectivity index (χ3v) is 6.37. The topological polar surface area (TPSA) is 89.0 Å². The molecule has 2 amide bonds. The van der Waals surface area contributed by atoms with Crippen molar-refractivity contribution >= 4 is 52.8 Å². The fourth-order valence-corrected chi connectivity index (χ4v) is 3.80. The second-order valence-corrected chi connectivity index (χ2v) is 9.86. The molecule has 0 saturated heterocycles. The average molecular weight is 577 g/mol. The van der Waals surface area contributed by atoms with Gasteiger partial charge in [0.15, 0.2) is 11.5 Å². The van der Waals surface area contributed by atoms with Gasteiger partial charge in [-0.3, -0.25) is 9.59 Å². The lowest BCUT2D eigenvalue weighted by atomic mass is 10.0. The van der Waals surface area contributed by atoms with E-state index in [0.29, 0.717) is 45.9 Å². The Hall–Kier alpha value is -3.26. The first kappa shape index (κ1) is 29.3. The molecule has 0 heterocycles. The van der Waals surface area contributed by atoms with Crippen molar-refractivity contribution in [2.24, 2.45) is 11.0 Å². The second-order valence-electron chi connectivity index (χ2n) is 8.61. The van der Waals surface area contributed by atoms with E-state index in [0.717, 1.165) is 5.56 Å². The van der Waals surface area contributed by atoms with Crippen LogP contribution in [0.25, 0.3) is 0 Å². The second kappa shape index (κ2) is 14.0. The lowest BCUT2D eigenvalue weighted by Crippen LogP contribution is -2.48. The van der Waals surface area contributed by atoms with Crippen LogP contribution in [0.15, 0.2) is 65.8 Å². The van der Waals surface area contributed by atoms with E-state index >= 15 is 0 Å². The Morgan fingerprint density at radius 1 is 0.921 bits per heavy atom. The van der Waals surface area contributed by atoms with Gasteiger partial charge >= 0.3 is 0 Å². The molecule has 0 bridgehead atoms. The van der Waals surface area contributed by atoms with Crippen LogP contribution in [0.5, 0.6) is 11.5 Å². The van der Waals surface area contributed by atoms with E-state index < -0.39 is 17.9 Å². The SMILES string of the molecule is CCOc1cc(/C=N\NC(=O)C(NC(=O)c2ccc(Cl)c(Cl)c2)C(C)C)ccc1OCc1ccc(Cl)cc1. The molecule has 2 N–H and O–H groups in total. The number of nitrogens with one attached hydrogen (secondary N) is 2. The fourth-order valence-electron chi connectivity index (χ4n) is 3.37. The Bertz CT molecular complexity index is 1300. The number of hydrazone groups is 1. The summed E-state index contributed by atoms with van der Waals surface area (Å²) in [7, 11) is 0. The van der Waals surface area contributed by atoms with Gasteiger partial charge in [0.1, 0.15) is 12.6 Å². The number of nitrogens with zero attached hydrogens (tertiary/aromatic N) is 1. The molecule has 1 unspecified atom stereocenters. The lowest BCUT2D eigenvalue weighted by molar-refractivity contribution is -0.123. The van der Waals surface area contributed by atoms with Gasteiger partial charge in [-0.25, -0.2) is 5.43 Å². The smallest absolute Gasteiger partial charge is 0.262 e. The van der Waals surface area contributed by atoms with Crippen LogP contribution in [0, 0.1) is 5.92 Å². The highest BCUT2D eigenvalue weighted by Crippen LogP contribution is 2.29. The summed E-state index contributed by atoms with van der Waals surface area (Å²) in [6.07, 6.45) is 1.49. The average Bonchev–Trinajstić information content (AvgIpc) is 2.89. The molecule has 3 rings (SSSR count). The van der Waals surface area contributed by atoms with Gasteiger partial charge in [0.25, 0.3) is 11.8 Å². The summed E-state index contributed by atoms with van der Waals surface area (Å²) in [5.74, 6) is 0.0201. The van der Waals surface area contributed by atoms with Crippen LogP contribution in [0.4, 0.5) is 0 Å². The maximum atomic E-state index is 12.8. The van der Waals surface area contributed by atoms with E-state index in [4.69, 9.17) is 44.3 Å². The molecule has 0 aliphatic heterocycles. The van der Waals surface area contributed by atoms with Crippen molar-refractivity contribution in [1.82, 2.24) is 10.7 Å². The zero-order chi connectivity index (χ0) is 27.7. The predicted octanol–water partition coefficient (Wildman–Crippen LogP) is 6.53. The van der Waals surface area contributed by atoms with E-state index in [1.165, 1.54) is 24.4 Å². The molecular formula is C28H28Cl3N3O4. The van der Waals surface area contributed by atoms with Crippen LogP contribution in [-0.2, 0) is 11.4 Å². The standard InChI is InChI=1S/C28H28Cl3N3O4/c1-4-37-25-13-19(7-12-24(25)38-16-18-5-9-21(29)10-6-18)15-32-34-28(36)26(17(2)3)33-27(35)20-8-11-22(30)23(31)14-20/h5-15,17,26H,4,16H2,1-3H3,(H,33,35)(H,34,36)/b32-15-. The number of hydrogen-bond acceptors (Lipinski definition) is 5. The quantitative estimate of drug-likeness (QED) is 0.201. The molecule has 3 aromatic rings. The number of carbonyl (C=O) groups excluding carboxylic acids is 2. The van der Waals surface area contributed by atoms with Crippen LogP contribution < -0.4 is 20.2 Å². The van der Waals surface area contributed by atoms with Crippen LogP contribution in [0.3, 0.4) is 0 Å². The highest BCUT2D eigenvalue weighted by molar-refractivity contribution is 6.42. The minimum atomic E-state index is -0.822. The molecule has 1 atom stereocenters. The fraction of sp³-hybridized carbons (Fsp3) is 0.250. The van der Waals surface area contributed by atoms with Crippen molar-refractivity contribution in [3.05, 3.63) is 92.4 Å². The first-order chi connectivity index (χ1) is 18.2. The van der Waals surface area contributed by atoms with Gasteiger partial charge in [-0.05, 0) is 72.5 Å². The van der Waals surface area contributed by atoms with Crippen molar-refractivity contribution in [1.29, 1.82) is 0 Å². The Kier molecular flexibility index (Phi) is 10.8. The monoisotopic (exact) mass is 575 g/mol. The molecule has 200 valence electrons. The van der Waals surface area contributed by atoms with Crippen molar-refractivity contribution in [3.8, 4) is 11.5 Å². The van der Waals surface area contributed by atoms with Crippen molar-refractivity contribution in [2.75, 3.05) is 6.61 Å². The Morgan fingerprint density at radius 3 is 2.32 bits per heavy atom. The van der Waals surface area contributed by atoms with Gasteiger partial charge in [0, 0.05) is 10.6 Å². The molecule has 7 nitrogen and oxygen atoms in total. The summed E-state index contributed by atoms with van der Waals surface area (Å²) in [4.78, 5) is 25.4. The molecule has 0 spiro atoms. The lowest BCUT2D eigenvalue weighted by Gasteiger charge is -2.20. The zero-order valence-electron chi connectivity index (χ0n) is 21.1. The first-order valence-corrected chi connectivity index (χ1v) is 13.0. The van der Waals surface area contributed by atoms with Crippen molar-refractivity contribution in [3.63, 3.8) is 0 Å². The molecule has 10 heteroatoms. The van der Waals surface area contributed by atoms with E-state index in [-0.39, 0.29) is 10.9 Å². The number of carbonyl (C=O) groups is 2. The highest BCUT2D eigenvalue weighted by atomic mass is 35.5. The highest BCUT2D eigenvalue weighted by Gasteiger charge is 2.24. The Morgan fingerprint density at radius 2 is 1.66 bits per heavy atom. The molecule has 0 aromatic heterocycles. The summed E-state index contributed by atoms with van der Waals surface area (Å²) in [6.45, 7) is 6.32. The number of rotatable bonds is 11. The minimum absolute atomic E-state index is 0.196. The largest absolute Gasteiger partial charge is 0.490 e. The number of ether oxygens (including phenoxy) is 2. The van der Waals surface area contributed by atoms with Crippen LogP contribution in [0.1, 0.15) is 42.3 Å².